The third-order valence-electron chi connectivity index (χ3n) is 5.18. The Labute approximate surface area is 107 Å². The Hall–Kier alpha value is -1.10. The SMILES string of the molecule is CO[C@]1(C)C[C@H](NC(=O)C2(C(=O)O)CC2)C1(C)C. The molecule has 0 aliphatic heterocycles. The van der Waals surface area contributed by atoms with E-state index in [9.17, 15) is 9.59 Å². The molecule has 0 saturated heterocycles. The largest absolute Gasteiger partial charge is 0.480 e. The Balaban J connectivity index is 2.01. The van der Waals surface area contributed by atoms with Crippen molar-refractivity contribution >= 4 is 11.9 Å². The summed E-state index contributed by atoms with van der Waals surface area (Å²) in [5.41, 5.74) is -1.61. The number of carbonyl (C=O) groups is 2. The van der Waals surface area contributed by atoms with Crippen LogP contribution in [-0.2, 0) is 14.3 Å². The van der Waals surface area contributed by atoms with Crippen molar-refractivity contribution < 1.29 is 19.4 Å². The van der Waals surface area contributed by atoms with E-state index in [1.807, 2.05) is 20.8 Å². The molecule has 5 nitrogen and oxygen atoms in total. The van der Waals surface area contributed by atoms with Crippen LogP contribution in [0, 0.1) is 10.8 Å². The molecule has 0 aromatic carbocycles. The van der Waals surface area contributed by atoms with E-state index in [1.165, 1.54) is 0 Å². The minimum absolute atomic E-state index is 0.0215. The van der Waals surface area contributed by atoms with Crippen LogP contribution in [0.5, 0.6) is 0 Å². The van der Waals surface area contributed by atoms with Crippen molar-refractivity contribution in [2.75, 3.05) is 7.11 Å². The summed E-state index contributed by atoms with van der Waals surface area (Å²) in [6, 6.07) is -0.0215. The number of aliphatic carboxylic acids is 1. The molecule has 0 unspecified atom stereocenters. The number of amides is 1. The number of ether oxygens (including phenoxy) is 1. The highest BCUT2D eigenvalue weighted by Crippen LogP contribution is 2.53. The van der Waals surface area contributed by atoms with Crippen molar-refractivity contribution in [3.8, 4) is 0 Å². The van der Waals surface area contributed by atoms with Gasteiger partial charge in [0.25, 0.3) is 0 Å². The van der Waals surface area contributed by atoms with Crippen molar-refractivity contribution in [3.05, 3.63) is 0 Å². The lowest BCUT2D eigenvalue weighted by atomic mass is 9.55. The molecular weight excluding hydrogens is 234 g/mol. The summed E-state index contributed by atoms with van der Waals surface area (Å²) in [6.45, 7) is 6.08. The minimum atomic E-state index is -1.16. The van der Waals surface area contributed by atoms with Crippen LogP contribution in [0.25, 0.3) is 0 Å². The maximum atomic E-state index is 12.0. The Bertz CT molecular complexity index is 400. The zero-order valence-electron chi connectivity index (χ0n) is 11.4. The third-order valence-corrected chi connectivity index (χ3v) is 5.18. The summed E-state index contributed by atoms with van der Waals surface area (Å²) in [4.78, 5) is 23.1. The fraction of sp³-hybridized carbons (Fsp3) is 0.846. The highest BCUT2D eigenvalue weighted by atomic mass is 16.5. The van der Waals surface area contributed by atoms with E-state index >= 15 is 0 Å². The number of carboxylic acids is 1. The average molecular weight is 255 g/mol. The van der Waals surface area contributed by atoms with Crippen LogP contribution in [0.15, 0.2) is 0 Å². The van der Waals surface area contributed by atoms with Gasteiger partial charge in [0.05, 0.1) is 5.60 Å². The smallest absolute Gasteiger partial charge is 0.319 e. The highest BCUT2D eigenvalue weighted by molar-refractivity contribution is 6.05. The van der Waals surface area contributed by atoms with E-state index in [2.05, 4.69) is 5.32 Å². The first kappa shape index (κ1) is 13.3. The second-order valence-electron chi connectivity index (χ2n) is 6.27. The van der Waals surface area contributed by atoms with Gasteiger partial charge in [-0.15, -0.1) is 0 Å². The molecule has 2 saturated carbocycles. The molecule has 2 atom stereocenters. The van der Waals surface area contributed by atoms with E-state index < -0.39 is 11.4 Å². The Morgan fingerprint density at radius 2 is 1.83 bits per heavy atom. The van der Waals surface area contributed by atoms with E-state index in [0.717, 1.165) is 6.42 Å². The first-order valence-electron chi connectivity index (χ1n) is 6.29. The van der Waals surface area contributed by atoms with Crippen LogP contribution < -0.4 is 5.32 Å². The molecule has 2 aliphatic rings. The monoisotopic (exact) mass is 255 g/mol. The highest BCUT2D eigenvalue weighted by Gasteiger charge is 2.62. The summed E-state index contributed by atoms with van der Waals surface area (Å²) in [6.07, 6.45) is 1.61. The van der Waals surface area contributed by atoms with Gasteiger partial charge >= 0.3 is 5.97 Å². The third kappa shape index (κ3) is 1.56. The summed E-state index contributed by atoms with van der Waals surface area (Å²) in [5, 5.41) is 12.0. The summed E-state index contributed by atoms with van der Waals surface area (Å²) < 4.78 is 5.48. The molecule has 18 heavy (non-hydrogen) atoms. The fourth-order valence-electron chi connectivity index (χ4n) is 2.68. The van der Waals surface area contributed by atoms with Gasteiger partial charge in [-0.1, -0.05) is 13.8 Å². The molecular formula is C13H21NO4. The number of nitrogens with one attached hydrogen (secondary N) is 1. The van der Waals surface area contributed by atoms with Gasteiger partial charge in [-0.3, -0.25) is 9.59 Å². The van der Waals surface area contributed by atoms with Crippen LogP contribution in [-0.4, -0.2) is 35.7 Å². The van der Waals surface area contributed by atoms with Crippen molar-refractivity contribution in [1.29, 1.82) is 0 Å². The molecule has 2 rings (SSSR count). The van der Waals surface area contributed by atoms with Crippen LogP contribution in [0.4, 0.5) is 0 Å². The molecule has 5 heteroatoms. The van der Waals surface area contributed by atoms with Crippen molar-refractivity contribution in [3.63, 3.8) is 0 Å². The molecule has 0 radical (unpaired) electrons. The summed E-state index contributed by atoms with van der Waals surface area (Å²) >= 11 is 0. The van der Waals surface area contributed by atoms with E-state index in [1.54, 1.807) is 7.11 Å². The Morgan fingerprint density at radius 1 is 1.28 bits per heavy atom. The number of hydrogen-bond acceptors (Lipinski definition) is 3. The first-order chi connectivity index (χ1) is 8.19. The van der Waals surface area contributed by atoms with Crippen molar-refractivity contribution in [2.45, 2.75) is 51.7 Å². The molecule has 1 amide bonds. The lowest BCUT2D eigenvalue weighted by Gasteiger charge is -2.59. The molecule has 102 valence electrons. The zero-order valence-corrected chi connectivity index (χ0v) is 11.4. The fourth-order valence-corrected chi connectivity index (χ4v) is 2.68. The molecule has 2 fully saturated rings. The predicted octanol–water partition coefficient (Wildman–Crippen LogP) is 1.17. The topological polar surface area (TPSA) is 75.6 Å². The number of methoxy groups -OCH3 is 1. The van der Waals surface area contributed by atoms with Gasteiger partial charge in [-0.2, -0.15) is 0 Å². The number of carbonyl (C=O) groups excluding carboxylic acids is 1. The molecule has 0 aromatic heterocycles. The van der Waals surface area contributed by atoms with E-state index in [4.69, 9.17) is 9.84 Å². The van der Waals surface area contributed by atoms with Gasteiger partial charge in [0.2, 0.25) is 5.91 Å². The molecule has 2 aliphatic carbocycles. The van der Waals surface area contributed by atoms with Crippen LogP contribution >= 0.6 is 0 Å². The maximum Gasteiger partial charge on any atom is 0.319 e. The van der Waals surface area contributed by atoms with Gasteiger partial charge < -0.3 is 15.2 Å². The van der Waals surface area contributed by atoms with Crippen LogP contribution in [0.3, 0.4) is 0 Å². The number of hydrogen-bond donors (Lipinski definition) is 2. The van der Waals surface area contributed by atoms with Gasteiger partial charge in [-0.25, -0.2) is 0 Å². The van der Waals surface area contributed by atoms with Crippen LogP contribution in [0.2, 0.25) is 0 Å². The second kappa shape index (κ2) is 3.70. The maximum absolute atomic E-state index is 12.0. The number of carboxylic acid groups (broad SMARTS) is 1. The number of rotatable bonds is 4. The normalized spacial score (nSPS) is 35.4. The van der Waals surface area contributed by atoms with Crippen molar-refractivity contribution in [1.82, 2.24) is 5.32 Å². The van der Waals surface area contributed by atoms with Gasteiger partial charge in [0, 0.05) is 18.6 Å². The summed E-state index contributed by atoms with van der Waals surface area (Å²) in [5.74, 6) is -1.35. The summed E-state index contributed by atoms with van der Waals surface area (Å²) in [7, 11) is 1.67. The minimum Gasteiger partial charge on any atom is -0.480 e. The predicted molar refractivity (Wildman–Crippen MR) is 65.0 cm³/mol. The standard InChI is InChI=1S/C13H21NO4/c1-11(2)8(7-12(11,3)18-4)14-9(15)13(5-6-13)10(16)17/h8H,5-7H2,1-4H3,(H,14,15)(H,16,17)/t8-,12+/m0/s1. The quantitative estimate of drug-likeness (QED) is 0.739. The first-order valence-corrected chi connectivity index (χ1v) is 6.29. The molecule has 2 N–H and O–H groups in total. The van der Waals surface area contributed by atoms with Crippen LogP contribution in [0.1, 0.15) is 40.0 Å². The second-order valence-corrected chi connectivity index (χ2v) is 6.27. The van der Waals surface area contributed by atoms with Gasteiger partial charge in [0.1, 0.15) is 5.41 Å². The van der Waals surface area contributed by atoms with E-state index in [0.29, 0.717) is 12.8 Å². The molecule has 0 aromatic rings. The molecule has 0 heterocycles. The van der Waals surface area contributed by atoms with Gasteiger partial charge in [-0.05, 0) is 26.2 Å². The lowest BCUT2D eigenvalue weighted by Crippen LogP contribution is -2.69. The molecule has 0 spiro atoms. The van der Waals surface area contributed by atoms with Crippen molar-refractivity contribution in [2.24, 2.45) is 10.8 Å². The molecule has 0 bridgehead atoms. The lowest BCUT2D eigenvalue weighted by molar-refractivity contribution is -0.184. The van der Waals surface area contributed by atoms with Gasteiger partial charge in [0.15, 0.2) is 0 Å². The zero-order chi connectivity index (χ0) is 13.8. The Morgan fingerprint density at radius 3 is 2.17 bits per heavy atom. The van der Waals surface area contributed by atoms with E-state index in [-0.39, 0.29) is 23.0 Å². The average Bonchev–Trinajstić information content (AvgIpc) is 3.09. The Kier molecular flexibility index (Phi) is 2.74.